The van der Waals surface area contributed by atoms with E-state index in [-0.39, 0.29) is 5.56 Å². The van der Waals surface area contributed by atoms with E-state index in [9.17, 15) is 10.1 Å². The molecule has 5 rings (SSSR count). The smallest absolute Gasteiger partial charge is 0.266 e. The van der Waals surface area contributed by atoms with Crippen LogP contribution in [0.4, 0.5) is 0 Å². The highest BCUT2D eigenvalue weighted by molar-refractivity contribution is 6.15. The summed E-state index contributed by atoms with van der Waals surface area (Å²) in [5, 5.41) is 14.0. The summed E-state index contributed by atoms with van der Waals surface area (Å²) in [4.78, 5) is 24.4. The molecule has 8 nitrogen and oxygen atoms in total. The first-order chi connectivity index (χ1) is 18.8. The zero-order valence-corrected chi connectivity index (χ0v) is 22.5. The lowest BCUT2D eigenvalue weighted by Gasteiger charge is -2.28. The summed E-state index contributed by atoms with van der Waals surface area (Å²) in [6.45, 7) is 4.85. The van der Waals surface area contributed by atoms with E-state index in [0.29, 0.717) is 35.4 Å². The van der Waals surface area contributed by atoms with Crippen molar-refractivity contribution in [3.63, 3.8) is 0 Å². The minimum Gasteiger partial charge on any atom is -0.490 e. The fraction of sp³-hybridized carbons (Fsp3) is 0.300. The molecule has 1 saturated heterocycles. The van der Waals surface area contributed by atoms with E-state index in [4.69, 9.17) is 4.74 Å². The van der Waals surface area contributed by atoms with Crippen molar-refractivity contribution in [3.8, 4) is 34.5 Å². The van der Waals surface area contributed by atoms with Crippen molar-refractivity contribution in [2.45, 2.75) is 25.2 Å². The molecule has 0 saturated carbocycles. The van der Waals surface area contributed by atoms with Gasteiger partial charge in [0.25, 0.3) is 5.56 Å². The maximum atomic E-state index is 12.9. The lowest BCUT2D eigenvalue weighted by Crippen LogP contribution is -2.41. The first-order valence-electron chi connectivity index (χ1n) is 13.2. The molecule has 1 aliphatic heterocycles. The second-order valence-electron chi connectivity index (χ2n) is 10.6. The summed E-state index contributed by atoms with van der Waals surface area (Å²) in [7, 11) is 4.11. The zero-order chi connectivity index (χ0) is 27.4. The Hall–Kier alpha value is -4.29. The van der Waals surface area contributed by atoms with Crippen LogP contribution in [-0.4, -0.2) is 59.2 Å². The number of rotatable bonds is 7. The van der Waals surface area contributed by atoms with Gasteiger partial charge in [-0.3, -0.25) is 4.79 Å². The number of aromatic nitrogens is 4. The van der Waals surface area contributed by atoms with Crippen LogP contribution >= 0.6 is 0 Å². The molecule has 39 heavy (non-hydrogen) atoms. The van der Waals surface area contributed by atoms with Crippen LogP contribution in [0.3, 0.4) is 0 Å². The highest BCUT2D eigenvalue weighted by Crippen LogP contribution is 2.27. The number of piperidine rings is 1. The maximum absolute atomic E-state index is 12.9. The second-order valence-corrected chi connectivity index (χ2v) is 10.6. The van der Waals surface area contributed by atoms with E-state index in [1.807, 2.05) is 51.2 Å². The normalized spacial score (nSPS) is 15.8. The summed E-state index contributed by atoms with van der Waals surface area (Å²) in [6, 6.07) is 20.4. The fourth-order valence-corrected chi connectivity index (χ4v) is 4.86. The molecule has 0 aliphatic carbocycles. The van der Waals surface area contributed by atoms with Gasteiger partial charge < -0.3 is 9.64 Å². The minimum absolute atomic E-state index is 0.215. The van der Waals surface area contributed by atoms with Crippen molar-refractivity contribution >= 4 is 7.85 Å². The van der Waals surface area contributed by atoms with Crippen LogP contribution in [0.2, 0.25) is 0 Å². The lowest BCUT2D eigenvalue weighted by molar-refractivity contribution is 0.159. The Morgan fingerprint density at radius 1 is 1.05 bits per heavy atom. The van der Waals surface area contributed by atoms with E-state index in [1.54, 1.807) is 30.6 Å². The minimum atomic E-state index is -0.757. The van der Waals surface area contributed by atoms with Gasteiger partial charge in [-0.25, -0.2) is 14.6 Å². The molecule has 1 aliphatic rings. The Kier molecular flexibility index (Phi) is 7.57. The van der Waals surface area contributed by atoms with Gasteiger partial charge in [0.05, 0.1) is 41.8 Å². The van der Waals surface area contributed by atoms with Crippen LogP contribution in [0.25, 0.3) is 22.6 Å². The summed E-state index contributed by atoms with van der Waals surface area (Å²) in [5.74, 6) is 1.81. The molecule has 196 valence electrons. The van der Waals surface area contributed by atoms with Gasteiger partial charge in [-0.1, -0.05) is 30.3 Å². The van der Waals surface area contributed by atoms with Gasteiger partial charge in [0.2, 0.25) is 0 Å². The number of ether oxygens (including phenoxy) is 1. The van der Waals surface area contributed by atoms with Crippen molar-refractivity contribution in [3.05, 3.63) is 94.5 Å². The van der Waals surface area contributed by atoms with Gasteiger partial charge >= 0.3 is 0 Å². The second kappa shape index (κ2) is 11.2. The monoisotopic (exact) mass is 518 g/mol. The Bertz CT molecular complexity index is 1550. The SMILES string of the molecule is BC(C)(c1cccc(-c2ncc(OCC3CCN(C)CC3)cn2)c1)n1nc(-c2cccc(C#N)c2)ccc1=O. The predicted molar refractivity (Wildman–Crippen MR) is 153 cm³/mol. The fourth-order valence-electron chi connectivity index (χ4n) is 4.86. The third-order valence-corrected chi connectivity index (χ3v) is 7.40. The van der Waals surface area contributed by atoms with Gasteiger partial charge in [-0.15, -0.1) is 0 Å². The Morgan fingerprint density at radius 2 is 1.77 bits per heavy atom. The Morgan fingerprint density at radius 3 is 2.51 bits per heavy atom. The number of nitrogens with zero attached hydrogens (tertiary/aromatic N) is 6. The topological polar surface area (TPSA) is 96.9 Å². The quantitative estimate of drug-likeness (QED) is 0.347. The maximum Gasteiger partial charge on any atom is 0.266 e. The van der Waals surface area contributed by atoms with Crippen molar-refractivity contribution < 1.29 is 4.74 Å². The molecule has 4 aromatic rings. The molecule has 0 N–H and O–H groups in total. The summed E-state index contributed by atoms with van der Waals surface area (Å²) < 4.78 is 7.46. The largest absolute Gasteiger partial charge is 0.490 e. The third-order valence-electron chi connectivity index (χ3n) is 7.40. The molecule has 0 spiro atoms. The number of hydrogen-bond acceptors (Lipinski definition) is 7. The molecule has 9 heteroatoms. The highest BCUT2D eigenvalue weighted by Gasteiger charge is 2.26. The summed E-state index contributed by atoms with van der Waals surface area (Å²) >= 11 is 0. The number of benzene rings is 2. The van der Waals surface area contributed by atoms with Gasteiger partial charge in [0.15, 0.2) is 11.6 Å². The first-order valence-corrected chi connectivity index (χ1v) is 13.2. The van der Waals surface area contributed by atoms with Crippen molar-refractivity contribution in [2.75, 3.05) is 26.7 Å². The highest BCUT2D eigenvalue weighted by atomic mass is 16.5. The van der Waals surface area contributed by atoms with Gasteiger partial charge in [-0.05, 0) is 75.6 Å². The average molecular weight is 518 g/mol. The molecule has 2 aromatic heterocycles. The first kappa shape index (κ1) is 26.3. The van der Waals surface area contributed by atoms with Crippen molar-refractivity contribution in [2.24, 2.45) is 5.92 Å². The van der Waals surface area contributed by atoms with E-state index < -0.39 is 5.44 Å². The van der Waals surface area contributed by atoms with Crippen LogP contribution in [0, 0.1) is 17.2 Å². The molecule has 3 heterocycles. The molecule has 1 fully saturated rings. The molecule has 1 atom stereocenters. The molecular weight excluding hydrogens is 487 g/mol. The number of nitriles is 1. The molecular formula is C30H31BN6O2. The number of hydrogen-bond donors (Lipinski definition) is 0. The van der Waals surface area contributed by atoms with Gasteiger partial charge in [-0.2, -0.15) is 10.4 Å². The molecule has 1 unspecified atom stereocenters. The summed E-state index contributed by atoms with van der Waals surface area (Å²) in [6.07, 6.45) is 5.73. The standard InChI is InChI=1S/C30H31BN6O2/c1-30(31,37-28(38)10-9-27(35-37)23-6-3-5-22(15-23)17-32)25-8-4-7-24(16-25)29-33-18-26(19-34-29)39-20-21-11-13-36(2)14-12-21/h3-10,15-16,18-19,21H,11-14,20,31H2,1-2H3. The van der Waals surface area contributed by atoms with E-state index in [0.717, 1.165) is 42.6 Å². The van der Waals surface area contributed by atoms with E-state index in [1.165, 1.54) is 10.7 Å². The third kappa shape index (κ3) is 5.92. The van der Waals surface area contributed by atoms with Crippen LogP contribution in [0.1, 0.15) is 30.9 Å². The molecule has 0 radical (unpaired) electrons. The molecule has 2 aromatic carbocycles. The van der Waals surface area contributed by atoms with Crippen LogP contribution < -0.4 is 10.3 Å². The number of likely N-dealkylation sites (tertiary alicyclic amines) is 1. The van der Waals surface area contributed by atoms with Crippen LogP contribution in [0.15, 0.2) is 77.9 Å². The van der Waals surface area contributed by atoms with Gasteiger partial charge in [0, 0.05) is 17.2 Å². The zero-order valence-electron chi connectivity index (χ0n) is 22.5. The Labute approximate surface area is 229 Å². The van der Waals surface area contributed by atoms with Gasteiger partial charge in [0.1, 0.15) is 7.85 Å². The summed E-state index contributed by atoms with van der Waals surface area (Å²) in [5.41, 5.74) is 2.70. The molecule has 0 bridgehead atoms. The van der Waals surface area contributed by atoms with Crippen LogP contribution in [0.5, 0.6) is 5.75 Å². The lowest BCUT2D eigenvalue weighted by atomic mass is 9.73. The van der Waals surface area contributed by atoms with Crippen LogP contribution in [-0.2, 0) is 5.44 Å². The average Bonchev–Trinajstić information content (AvgIpc) is 2.97. The van der Waals surface area contributed by atoms with E-state index in [2.05, 4.69) is 33.1 Å². The van der Waals surface area contributed by atoms with Crippen molar-refractivity contribution in [1.29, 1.82) is 5.26 Å². The molecule has 0 amide bonds. The van der Waals surface area contributed by atoms with E-state index >= 15 is 0 Å². The predicted octanol–water partition coefficient (Wildman–Crippen LogP) is 3.31. The Balaban J connectivity index is 1.36. The van der Waals surface area contributed by atoms with Crippen molar-refractivity contribution in [1.82, 2.24) is 24.6 Å².